The second-order valence-electron chi connectivity index (χ2n) is 5.89. The molecule has 0 saturated carbocycles. The topological polar surface area (TPSA) is 50.9 Å². The molecule has 3 rings (SSSR count). The van der Waals surface area contributed by atoms with Crippen molar-refractivity contribution in [2.45, 2.75) is 30.4 Å². The van der Waals surface area contributed by atoms with Crippen molar-refractivity contribution in [3.63, 3.8) is 0 Å². The maximum absolute atomic E-state index is 10.1. The zero-order valence-corrected chi connectivity index (χ0v) is 15.2. The Morgan fingerprint density at radius 2 is 2.12 bits per heavy atom. The fraction of sp³-hybridized carbons (Fsp3) is 0.200. The molecule has 1 aliphatic rings. The number of fused-ring (bicyclic) bond motifs is 1. The van der Waals surface area contributed by atoms with E-state index in [1.165, 1.54) is 4.80 Å². The van der Waals surface area contributed by atoms with Crippen molar-refractivity contribution in [3.05, 3.63) is 72.6 Å². The molecule has 1 aromatic carbocycles. The monoisotopic (exact) mass is 351 g/mol. The van der Waals surface area contributed by atoms with E-state index in [1.54, 1.807) is 19.1 Å². The highest BCUT2D eigenvalue weighted by Crippen LogP contribution is 2.30. The first-order valence-corrected chi connectivity index (χ1v) is 9.05. The molecule has 5 heteroatoms. The molecule has 1 heterocycles. The van der Waals surface area contributed by atoms with Crippen molar-refractivity contribution in [2.75, 3.05) is 0 Å². The van der Waals surface area contributed by atoms with E-state index in [0.717, 1.165) is 27.9 Å². The lowest BCUT2D eigenvalue weighted by atomic mass is 10.2. The highest BCUT2D eigenvalue weighted by Gasteiger charge is 2.13. The summed E-state index contributed by atoms with van der Waals surface area (Å²) < 4.78 is 0. The van der Waals surface area contributed by atoms with Gasteiger partial charge in [-0.2, -0.15) is 0 Å². The van der Waals surface area contributed by atoms with Gasteiger partial charge in [0.25, 0.3) is 0 Å². The Bertz CT molecular complexity index is 918. The minimum Gasteiger partial charge on any atom is -0.506 e. The fourth-order valence-electron chi connectivity index (χ4n) is 2.51. The van der Waals surface area contributed by atoms with E-state index in [9.17, 15) is 5.11 Å². The van der Waals surface area contributed by atoms with Gasteiger partial charge in [0.2, 0.25) is 0 Å². The van der Waals surface area contributed by atoms with Crippen molar-refractivity contribution >= 4 is 28.5 Å². The van der Waals surface area contributed by atoms with Gasteiger partial charge in [0.15, 0.2) is 0 Å². The van der Waals surface area contributed by atoms with Gasteiger partial charge in [-0.3, -0.25) is 0 Å². The van der Waals surface area contributed by atoms with Crippen LogP contribution in [0.5, 0.6) is 0 Å². The van der Waals surface area contributed by atoms with Crippen molar-refractivity contribution in [2.24, 2.45) is 0 Å². The smallest absolute Gasteiger partial charge is 0.138 e. The quantitative estimate of drug-likeness (QED) is 0.587. The number of nitrogens with zero attached hydrogens (tertiary/aromatic N) is 3. The van der Waals surface area contributed by atoms with Gasteiger partial charge in [0.05, 0.1) is 0 Å². The van der Waals surface area contributed by atoms with Crippen molar-refractivity contribution in [1.82, 2.24) is 15.0 Å². The maximum atomic E-state index is 10.1. The number of rotatable bonds is 5. The van der Waals surface area contributed by atoms with Crippen LogP contribution in [0, 0.1) is 0 Å². The number of allylic oxidation sites excluding steroid dienone is 7. The van der Waals surface area contributed by atoms with Crippen LogP contribution in [0.3, 0.4) is 0 Å². The number of hydrogen-bond donors (Lipinski definition) is 1. The van der Waals surface area contributed by atoms with Gasteiger partial charge in [0, 0.05) is 10.1 Å². The van der Waals surface area contributed by atoms with Crippen LogP contribution in [-0.4, -0.2) is 25.4 Å². The summed E-state index contributed by atoms with van der Waals surface area (Å²) in [6.07, 6.45) is 13.0. The van der Waals surface area contributed by atoms with E-state index in [4.69, 9.17) is 0 Å². The number of benzene rings is 1. The Morgan fingerprint density at radius 3 is 2.80 bits per heavy atom. The molecule has 1 atom stereocenters. The first kappa shape index (κ1) is 17.3. The second-order valence-corrected chi connectivity index (χ2v) is 7.21. The van der Waals surface area contributed by atoms with E-state index in [-0.39, 0.29) is 5.76 Å². The Balaban J connectivity index is 1.92. The molecule has 1 aliphatic carbocycles. The van der Waals surface area contributed by atoms with Crippen LogP contribution in [0.2, 0.25) is 0 Å². The first-order valence-electron chi connectivity index (χ1n) is 8.17. The van der Waals surface area contributed by atoms with Crippen LogP contribution in [-0.2, 0) is 0 Å². The highest BCUT2D eigenvalue weighted by atomic mass is 32.2. The number of aliphatic hydroxyl groups is 1. The third-order valence-electron chi connectivity index (χ3n) is 3.72. The summed E-state index contributed by atoms with van der Waals surface area (Å²) in [6.45, 7) is 7.51. The first-order chi connectivity index (χ1) is 12.1. The third kappa shape index (κ3) is 4.12. The fourth-order valence-corrected chi connectivity index (χ4v) is 3.56. The molecule has 4 nitrogen and oxygen atoms in total. The van der Waals surface area contributed by atoms with Gasteiger partial charge < -0.3 is 5.11 Å². The van der Waals surface area contributed by atoms with Gasteiger partial charge in [0.1, 0.15) is 22.5 Å². The van der Waals surface area contributed by atoms with Gasteiger partial charge in [-0.05, 0) is 50.6 Å². The predicted molar refractivity (Wildman–Crippen MR) is 106 cm³/mol. The minimum absolute atomic E-state index is 0.122. The molecule has 0 saturated heterocycles. The molecule has 0 aliphatic heterocycles. The number of aliphatic hydroxyl groups excluding tert-OH is 1. The summed E-state index contributed by atoms with van der Waals surface area (Å²) in [6, 6.07) is 6.07. The SMILES string of the molecule is C=C(C)/C=C(\C(O)=C/C)n1nc2ccc(SC3C=CC=CC3)cc2n1. The van der Waals surface area contributed by atoms with Crippen LogP contribution in [0.25, 0.3) is 16.7 Å². The molecule has 0 spiro atoms. The van der Waals surface area contributed by atoms with Gasteiger partial charge >= 0.3 is 0 Å². The summed E-state index contributed by atoms with van der Waals surface area (Å²) in [4.78, 5) is 2.62. The van der Waals surface area contributed by atoms with Crippen molar-refractivity contribution < 1.29 is 5.11 Å². The highest BCUT2D eigenvalue weighted by molar-refractivity contribution is 8.00. The van der Waals surface area contributed by atoms with Crippen LogP contribution in [0.1, 0.15) is 20.3 Å². The molecular formula is C20H21N3OS. The molecule has 0 amide bonds. The van der Waals surface area contributed by atoms with E-state index in [1.807, 2.05) is 30.8 Å². The lowest BCUT2D eigenvalue weighted by molar-refractivity contribution is 0.427. The number of hydrogen-bond acceptors (Lipinski definition) is 4. The zero-order valence-electron chi connectivity index (χ0n) is 14.4. The lowest BCUT2D eigenvalue weighted by Gasteiger charge is -2.11. The van der Waals surface area contributed by atoms with Crippen LogP contribution < -0.4 is 0 Å². The molecule has 1 unspecified atom stereocenters. The molecule has 0 fully saturated rings. The van der Waals surface area contributed by atoms with Crippen LogP contribution in [0.15, 0.2) is 77.5 Å². The standard InChI is InChI=1S/C20H21N3OS/c1-4-20(24)19(12-14(2)3)23-21-17-11-10-16(13-18(17)22-23)25-15-8-6-5-7-9-15/h4-8,10-13,15,24H,2,9H2,1,3H3/b19-12+,20-4+. The molecule has 1 N–H and O–H groups in total. The molecule has 0 radical (unpaired) electrons. The summed E-state index contributed by atoms with van der Waals surface area (Å²) in [7, 11) is 0. The van der Waals surface area contributed by atoms with Gasteiger partial charge in [-0.15, -0.1) is 26.8 Å². The van der Waals surface area contributed by atoms with Gasteiger partial charge in [-0.1, -0.05) is 36.5 Å². The maximum Gasteiger partial charge on any atom is 0.138 e. The summed E-state index contributed by atoms with van der Waals surface area (Å²) in [5.41, 5.74) is 2.93. The average molecular weight is 351 g/mol. The third-order valence-corrected chi connectivity index (χ3v) is 4.89. The summed E-state index contributed by atoms with van der Waals surface area (Å²) >= 11 is 1.81. The Hall–Kier alpha value is -2.53. The summed E-state index contributed by atoms with van der Waals surface area (Å²) in [5, 5.41) is 19.6. The van der Waals surface area contributed by atoms with E-state index >= 15 is 0 Å². The van der Waals surface area contributed by atoms with E-state index < -0.39 is 0 Å². The van der Waals surface area contributed by atoms with Crippen molar-refractivity contribution in [1.29, 1.82) is 0 Å². The average Bonchev–Trinajstić information content (AvgIpc) is 3.02. The van der Waals surface area contributed by atoms with Crippen LogP contribution in [0.4, 0.5) is 0 Å². The Kier molecular flexibility index (Phi) is 5.24. The second kappa shape index (κ2) is 7.57. The van der Waals surface area contributed by atoms with E-state index in [2.05, 4.69) is 47.1 Å². The summed E-state index contributed by atoms with van der Waals surface area (Å²) in [5.74, 6) is 0.122. The molecule has 25 heavy (non-hydrogen) atoms. The zero-order chi connectivity index (χ0) is 17.8. The number of thioether (sulfide) groups is 1. The van der Waals surface area contributed by atoms with E-state index in [0.29, 0.717) is 10.9 Å². The van der Waals surface area contributed by atoms with Crippen LogP contribution >= 0.6 is 11.8 Å². The molecule has 1 aromatic heterocycles. The lowest BCUT2D eigenvalue weighted by Crippen LogP contribution is -2.04. The number of aromatic nitrogens is 3. The van der Waals surface area contributed by atoms with Gasteiger partial charge in [-0.25, -0.2) is 0 Å². The normalized spacial score (nSPS) is 18.1. The molecule has 2 aromatic rings. The molecule has 0 bridgehead atoms. The van der Waals surface area contributed by atoms with Crippen molar-refractivity contribution in [3.8, 4) is 0 Å². The Labute approximate surface area is 151 Å². The molecular weight excluding hydrogens is 330 g/mol. The molecule has 128 valence electrons. The largest absolute Gasteiger partial charge is 0.506 e. The predicted octanol–water partition coefficient (Wildman–Crippen LogP) is 5.29. The minimum atomic E-state index is 0.122. The Morgan fingerprint density at radius 1 is 1.32 bits per heavy atom.